The summed E-state index contributed by atoms with van der Waals surface area (Å²) in [4.78, 5) is 0. The van der Waals surface area contributed by atoms with Gasteiger partial charge in [-0.25, -0.2) is 8.78 Å². The fourth-order valence-corrected chi connectivity index (χ4v) is 2.80. The van der Waals surface area contributed by atoms with Gasteiger partial charge in [0.25, 0.3) is 0 Å². The average Bonchev–Trinajstić information content (AvgIpc) is 2.77. The van der Waals surface area contributed by atoms with Gasteiger partial charge in [-0.2, -0.15) is 5.10 Å². The molecule has 0 fully saturated rings. The Hall–Kier alpha value is -0.980. The summed E-state index contributed by atoms with van der Waals surface area (Å²) >= 11 is 9.15. The van der Waals surface area contributed by atoms with E-state index in [9.17, 15) is 8.78 Å². The third-order valence-electron chi connectivity index (χ3n) is 2.97. The first-order valence-electron chi connectivity index (χ1n) is 5.96. The molecule has 0 saturated heterocycles. The van der Waals surface area contributed by atoms with Gasteiger partial charge in [0.15, 0.2) is 11.6 Å². The lowest BCUT2D eigenvalue weighted by Crippen LogP contribution is -2.20. The highest BCUT2D eigenvalue weighted by molar-refractivity contribution is 9.10. The van der Waals surface area contributed by atoms with E-state index >= 15 is 0 Å². The molecule has 2 N–H and O–H groups in total. The second kappa shape index (κ2) is 5.79. The maximum atomic E-state index is 13.6. The number of benzene rings is 1. The van der Waals surface area contributed by atoms with Crippen molar-refractivity contribution >= 4 is 27.5 Å². The molecule has 0 aliphatic heterocycles. The van der Waals surface area contributed by atoms with Gasteiger partial charge in [-0.1, -0.05) is 17.7 Å². The zero-order chi connectivity index (χ0) is 15.0. The van der Waals surface area contributed by atoms with Crippen LogP contribution in [-0.4, -0.2) is 9.78 Å². The third-order valence-corrected chi connectivity index (χ3v) is 4.07. The second-order valence-corrected chi connectivity index (χ2v) is 5.86. The lowest BCUT2D eigenvalue weighted by molar-refractivity contribution is 0.490. The summed E-state index contributed by atoms with van der Waals surface area (Å²) in [6.45, 7) is 3.86. The summed E-state index contributed by atoms with van der Waals surface area (Å²) in [5, 5.41) is 4.54. The lowest BCUT2D eigenvalue weighted by atomic mass is 10.0. The highest BCUT2D eigenvalue weighted by Crippen LogP contribution is 2.34. The summed E-state index contributed by atoms with van der Waals surface area (Å²) in [5.74, 6) is -1.90. The summed E-state index contributed by atoms with van der Waals surface area (Å²) in [6.07, 6.45) is 1.49. The Balaban J connectivity index is 2.55. The number of nitrogens with two attached hydrogens (primary N) is 1. The molecule has 0 radical (unpaired) electrons. The lowest BCUT2D eigenvalue weighted by Gasteiger charge is -2.19. The molecule has 0 aliphatic carbocycles. The Labute approximate surface area is 128 Å². The molecule has 0 spiro atoms. The van der Waals surface area contributed by atoms with E-state index in [0.29, 0.717) is 16.3 Å². The van der Waals surface area contributed by atoms with Gasteiger partial charge in [-0.15, -0.1) is 0 Å². The van der Waals surface area contributed by atoms with Gasteiger partial charge in [0.1, 0.15) is 0 Å². The van der Waals surface area contributed by atoms with Crippen LogP contribution in [0.1, 0.15) is 37.2 Å². The smallest absolute Gasteiger partial charge is 0.173 e. The van der Waals surface area contributed by atoms with Gasteiger partial charge >= 0.3 is 0 Å². The van der Waals surface area contributed by atoms with Crippen molar-refractivity contribution in [3.8, 4) is 0 Å². The van der Waals surface area contributed by atoms with E-state index in [4.69, 9.17) is 17.3 Å². The molecular weight excluding hydrogens is 352 g/mol. The normalized spacial score (nSPS) is 13.0. The van der Waals surface area contributed by atoms with E-state index in [-0.39, 0.29) is 10.5 Å². The minimum absolute atomic E-state index is 0.00225. The van der Waals surface area contributed by atoms with Gasteiger partial charge in [0.05, 0.1) is 27.4 Å². The quantitative estimate of drug-likeness (QED) is 0.829. The molecule has 7 heteroatoms. The number of hydrogen-bond donors (Lipinski definition) is 1. The van der Waals surface area contributed by atoms with Crippen LogP contribution in [0.4, 0.5) is 8.78 Å². The predicted molar refractivity (Wildman–Crippen MR) is 77.7 cm³/mol. The van der Waals surface area contributed by atoms with Crippen molar-refractivity contribution in [2.75, 3.05) is 0 Å². The number of rotatable bonds is 3. The highest BCUT2D eigenvalue weighted by atomic mass is 79.9. The Morgan fingerprint density at radius 2 is 2.00 bits per heavy atom. The summed E-state index contributed by atoms with van der Waals surface area (Å²) in [6, 6.07) is 1.81. The van der Waals surface area contributed by atoms with E-state index in [0.717, 1.165) is 6.07 Å². The number of hydrogen-bond acceptors (Lipinski definition) is 2. The molecular formula is C13H13BrClF2N3. The van der Waals surface area contributed by atoms with Crippen LogP contribution in [0, 0.1) is 11.6 Å². The number of aromatic nitrogens is 2. The first kappa shape index (κ1) is 15.4. The van der Waals surface area contributed by atoms with Crippen LogP contribution >= 0.6 is 27.5 Å². The van der Waals surface area contributed by atoms with Crippen LogP contribution in [0.25, 0.3) is 0 Å². The summed E-state index contributed by atoms with van der Waals surface area (Å²) < 4.78 is 28.4. The zero-order valence-corrected chi connectivity index (χ0v) is 13.2. The van der Waals surface area contributed by atoms with Crippen molar-refractivity contribution in [3.63, 3.8) is 0 Å². The highest BCUT2D eigenvalue weighted by Gasteiger charge is 2.24. The molecule has 1 aromatic carbocycles. The van der Waals surface area contributed by atoms with E-state index in [2.05, 4.69) is 21.0 Å². The SMILES string of the molecule is CC(C)n1ncc(Cl)c1C(N)c1ccc(F)c(F)c1Br. The van der Waals surface area contributed by atoms with Crippen molar-refractivity contribution in [2.24, 2.45) is 5.73 Å². The van der Waals surface area contributed by atoms with Crippen LogP contribution in [0.15, 0.2) is 22.8 Å². The van der Waals surface area contributed by atoms with Crippen LogP contribution in [0.3, 0.4) is 0 Å². The molecule has 0 bridgehead atoms. The number of nitrogens with zero attached hydrogens (tertiary/aromatic N) is 2. The molecule has 1 unspecified atom stereocenters. The van der Waals surface area contributed by atoms with Crippen molar-refractivity contribution in [1.29, 1.82) is 0 Å². The third kappa shape index (κ3) is 2.60. The van der Waals surface area contributed by atoms with Crippen molar-refractivity contribution in [1.82, 2.24) is 9.78 Å². The molecule has 0 amide bonds. The molecule has 108 valence electrons. The van der Waals surface area contributed by atoms with E-state index in [1.165, 1.54) is 12.3 Å². The molecule has 1 aromatic heterocycles. The molecule has 3 nitrogen and oxygen atoms in total. The van der Waals surface area contributed by atoms with Gasteiger partial charge in [0.2, 0.25) is 0 Å². The second-order valence-electron chi connectivity index (χ2n) is 4.66. The first-order valence-corrected chi connectivity index (χ1v) is 7.13. The molecule has 2 rings (SSSR count). The molecule has 2 aromatic rings. The predicted octanol–water partition coefficient (Wildman–Crippen LogP) is 4.21. The van der Waals surface area contributed by atoms with Crippen molar-refractivity contribution in [2.45, 2.75) is 25.9 Å². The maximum Gasteiger partial charge on any atom is 0.173 e. The molecule has 1 atom stereocenters. The first-order chi connectivity index (χ1) is 9.34. The fraction of sp³-hybridized carbons (Fsp3) is 0.308. The summed E-state index contributed by atoms with van der Waals surface area (Å²) in [5.41, 5.74) is 7.13. The van der Waals surface area contributed by atoms with Crippen molar-refractivity contribution < 1.29 is 8.78 Å². The maximum absolute atomic E-state index is 13.6. The molecule has 20 heavy (non-hydrogen) atoms. The van der Waals surface area contributed by atoms with Gasteiger partial charge in [-0.05, 0) is 41.4 Å². The van der Waals surface area contributed by atoms with Crippen LogP contribution in [-0.2, 0) is 0 Å². The summed E-state index contributed by atoms with van der Waals surface area (Å²) in [7, 11) is 0. The largest absolute Gasteiger partial charge is 0.319 e. The van der Waals surface area contributed by atoms with Gasteiger partial charge < -0.3 is 5.73 Å². The average molecular weight is 365 g/mol. The molecule has 0 aliphatic rings. The Bertz CT molecular complexity index is 643. The Kier molecular flexibility index (Phi) is 4.46. The van der Waals surface area contributed by atoms with E-state index in [1.807, 2.05) is 13.8 Å². The Morgan fingerprint density at radius 3 is 2.60 bits per heavy atom. The minimum atomic E-state index is -0.968. The van der Waals surface area contributed by atoms with E-state index in [1.54, 1.807) is 4.68 Å². The topological polar surface area (TPSA) is 43.8 Å². The molecule has 0 saturated carbocycles. The van der Waals surface area contributed by atoms with E-state index < -0.39 is 17.7 Å². The van der Waals surface area contributed by atoms with Crippen LogP contribution in [0.2, 0.25) is 5.02 Å². The van der Waals surface area contributed by atoms with Crippen LogP contribution in [0.5, 0.6) is 0 Å². The van der Waals surface area contributed by atoms with Gasteiger partial charge in [-0.3, -0.25) is 4.68 Å². The molecule has 1 heterocycles. The minimum Gasteiger partial charge on any atom is -0.319 e. The fourth-order valence-electron chi connectivity index (χ4n) is 1.98. The van der Waals surface area contributed by atoms with Gasteiger partial charge in [0, 0.05) is 6.04 Å². The standard InChI is InChI=1S/C13H13BrClF2N3/c1-6(2)20-13(8(15)5-19-20)12(18)7-3-4-9(16)11(17)10(7)14/h3-6,12H,18H2,1-2H3. The van der Waals surface area contributed by atoms with Crippen LogP contribution < -0.4 is 5.73 Å². The number of halogens is 4. The van der Waals surface area contributed by atoms with Crippen molar-refractivity contribution in [3.05, 3.63) is 50.7 Å². The Morgan fingerprint density at radius 1 is 1.35 bits per heavy atom. The zero-order valence-electron chi connectivity index (χ0n) is 10.9. The monoisotopic (exact) mass is 363 g/mol.